The molecule has 28 heavy (non-hydrogen) atoms. The summed E-state index contributed by atoms with van der Waals surface area (Å²) in [7, 11) is 0. The third-order valence-corrected chi connectivity index (χ3v) is 5.35. The van der Waals surface area contributed by atoms with E-state index < -0.39 is 0 Å². The van der Waals surface area contributed by atoms with Gasteiger partial charge in [0.2, 0.25) is 11.9 Å². The Morgan fingerprint density at radius 1 is 1.32 bits per heavy atom. The molecule has 1 fully saturated rings. The monoisotopic (exact) mass is 379 g/mol. The fourth-order valence-corrected chi connectivity index (χ4v) is 4.05. The average Bonchev–Trinajstić information content (AvgIpc) is 3.38. The number of nitrogens with zero attached hydrogens (tertiary/aromatic N) is 5. The summed E-state index contributed by atoms with van der Waals surface area (Å²) in [6.07, 6.45) is 5.01. The number of H-pyrrole nitrogens is 1. The first kappa shape index (κ1) is 16.7. The molecule has 0 bridgehead atoms. The highest BCUT2D eigenvalue weighted by Crippen LogP contribution is 2.32. The second kappa shape index (κ2) is 6.01. The van der Waals surface area contributed by atoms with Crippen LogP contribution in [-0.2, 0) is 4.79 Å². The van der Waals surface area contributed by atoms with Gasteiger partial charge < -0.3 is 15.2 Å². The van der Waals surface area contributed by atoms with E-state index in [2.05, 4.69) is 20.2 Å². The van der Waals surface area contributed by atoms with Gasteiger partial charge in [0.15, 0.2) is 0 Å². The molecule has 0 radical (unpaired) electrons. The van der Waals surface area contributed by atoms with Crippen molar-refractivity contribution in [2.45, 2.75) is 25.8 Å². The second-order valence-electron chi connectivity index (χ2n) is 7.02. The summed E-state index contributed by atoms with van der Waals surface area (Å²) < 4.78 is 15.7. The summed E-state index contributed by atoms with van der Waals surface area (Å²) in [4.78, 5) is 22.7. The number of nitrogens with one attached hydrogen (secondary N) is 1. The number of aromatic amines is 1. The van der Waals surface area contributed by atoms with E-state index in [4.69, 9.17) is 5.73 Å². The minimum Gasteiger partial charge on any atom is -0.368 e. The number of anilines is 1. The molecule has 4 aromatic rings. The Labute approximate surface area is 159 Å². The molecule has 4 heterocycles. The van der Waals surface area contributed by atoms with Gasteiger partial charge in [-0.3, -0.25) is 9.89 Å². The zero-order valence-electron chi connectivity index (χ0n) is 15.2. The lowest BCUT2D eigenvalue weighted by Gasteiger charge is -2.22. The van der Waals surface area contributed by atoms with Gasteiger partial charge >= 0.3 is 0 Å². The van der Waals surface area contributed by atoms with Crippen LogP contribution in [0.1, 0.15) is 18.5 Å². The molecule has 1 saturated heterocycles. The number of rotatable bonds is 3. The molecule has 3 aromatic heterocycles. The number of benzene rings is 1. The van der Waals surface area contributed by atoms with E-state index in [0.717, 1.165) is 39.7 Å². The van der Waals surface area contributed by atoms with E-state index in [1.165, 1.54) is 12.1 Å². The molecule has 0 saturated carbocycles. The first-order valence-corrected chi connectivity index (χ1v) is 9.07. The number of aryl methyl sites for hydroxylation is 1. The maximum atomic E-state index is 13.8. The van der Waals surface area contributed by atoms with Crippen molar-refractivity contribution >= 4 is 33.8 Å². The Balaban J connectivity index is 1.66. The lowest BCUT2D eigenvalue weighted by Crippen LogP contribution is -2.41. The highest BCUT2D eigenvalue weighted by Gasteiger charge is 2.31. The molecule has 0 aliphatic carbocycles. The van der Waals surface area contributed by atoms with E-state index >= 15 is 0 Å². The molecule has 1 aliphatic rings. The van der Waals surface area contributed by atoms with Crippen LogP contribution >= 0.6 is 0 Å². The van der Waals surface area contributed by atoms with Crippen molar-refractivity contribution in [1.29, 1.82) is 0 Å². The maximum absolute atomic E-state index is 13.8. The van der Waals surface area contributed by atoms with Gasteiger partial charge in [-0.15, -0.1) is 0 Å². The topological polar surface area (TPSA) is 106 Å². The Morgan fingerprint density at radius 3 is 2.96 bits per heavy atom. The molecule has 9 heteroatoms. The van der Waals surface area contributed by atoms with Gasteiger partial charge in [0.05, 0.1) is 40.3 Å². The van der Waals surface area contributed by atoms with E-state index in [-0.39, 0.29) is 17.8 Å². The summed E-state index contributed by atoms with van der Waals surface area (Å²) in [5.41, 5.74) is 9.43. The first-order valence-electron chi connectivity index (χ1n) is 9.07. The number of nitrogens with two attached hydrogens (primary N) is 1. The summed E-state index contributed by atoms with van der Waals surface area (Å²) >= 11 is 0. The van der Waals surface area contributed by atoms with Crippen LogP contribution in [0.2, 0.25) is 0 Å². The number of fused-ring (bicyclic) bond motifs is 3. The smallest absolute Gasteiger partial charge is 0.240 e. The van der Waals surface area contributed by atoms with Gasteiger partial charge in [0, 0.05) is 11.9 Å². The molecule has 1 unspecified atom stereocenters. The van der Waals surface area contributed by atoms with Crippen LogP contribution in [0.15, 0.2) is 30.6 Å². The number of hydrogen-bond acceptors (Lipinski definition) is 5. The third kappa shape index (κ3) is 2.35. The highest BCUT2D eigenvalue weighted by molar-refractivity contribution is 6.06. The Morgan fingerprint density at radius 2 is 2.18 bits per heavy atom. The fourth-order valence-electron chi connectivity index (χ4n) is 4.05. The van der Waals surface area contributed by atoms with Crippen molar-refractivity contribution in [2.75, 3.05) is 11.4 Å². The van der Waals surface area contributed by atoms with Gasteiger partial charge in [0.1, 0.15) is 11.9 Å². The Bertz CT molecular complexity index is 1230. The summed E-state index contributed by atoms with van der Waals surface area (Å²) in [6, 6.07) is 4.27. The molecule has 1 amide bonds. The van der Waals surface area contributed by atoms with Crippen LogP contribution in [-0.4, -0.2) is 43.2 Å². The predicted octanol–water partition coefficient (Wildman–Crippen LogP) is 2.20. The number of halogens is 1. The van der Waals surface area contributed by atoms with Crippen LogP contribution in [0.25, 0.3) is 27.6 Å². The molecule has 1 atom stereocenters. The van der Waals surface area contributed by atoms with Crippen molar-refractivity contribution in [3.05, 3.63) is 42.1 Å². The van der Waals surface area contributed by atoms with E-state index in [9.17, 15) is 9.18 Å². The average molecular weight is 379 g/mol. The quantitative estimate of drug-likeness (QED) is 0.568. The molecule has 142 valence electrons. The molecule has 1 aliphatic heterocycles. The number of hydrogen-bond donors (Lipinski definition) is 2. The summed E-state index contributed by atoms with van der Waals surface area (Å²) in [5, 5.41) is 7.77. The zero-order valence-corrected chi connectivity index (χ0v) is 15.2. The second-order valence-corrected chi connectivity index (χ2v) is 7.02. The van der Waals surface area contributed by atoms with E-state index in [1.807, 2.05) is 16.4 Å². The SMILES string of the molecule is Cc1nc(N2CCCC2C(N)=O)ncc1-n1c2ccc(F)cc2c2[nH]ncc21. The highest BCUT2D eigenvalue weighted by atomic mass is 19.1. The molecular formula is C19H18FN7O. The Kier molecular flexibility index (Phi) is 3.58. The van der Waals surface area contributed by atoms with Crippen molar-refractivity contribution in [2.24, 2.45) is 5.73 Å². The Hall–Kier alpha value is -3.49. The van der Waals surface area contributed by atoms with Crippen LogP contribution in [0, 0.1) is 12.7 Å². The molecule has 0 spiro atoms. The van der Waals surface area contributed by atoms with Crippen molar-refractivity contribution in [1.82, 2.24) is 24.7 Å². The lowest BCUT2D eigenvalue weighted by atomic mass is 10.2. The largest absolute Gasteiger partial charge is 0.368 e. The summed E-state index contributed by atoms with van der Waals surface area (Å²) in [6.45, 7) is 2.58. The van der Waals surface area contributed by atoms with Crippen LogP contribution < -0.4 is 10.6 Å². The van der Waals surface area contributed by atoms with Crippen molar-refractivity contribution in [3.8, 4) is 5.69 Å². The summed E-state index contributed by atoms with van der Waals surface area (Å²) in [5.74, 6) is -0.175. The number of carbonyl (C=O) groups excluding carboxylic acids is 1. The number of aromatic nitrogens is 5. The predicted molar refractivity (Wildman–Crippen MR) is 103 cm³/mol. The first-order chi connectivity index (χ1) is 13.5. The van der Waals surface area contributed by atoms with Crippen molar-refractivity contribution < 1.29 is 9.18 Å². The minimum atomic E-state index is -0.374. The van der Waals surface area contributed by atoms with Gasteiger partial charge in [0.25, 0.3) is 0 Å². The normalized spacial score (nSPS) is 17.1. The molecule has 1 aromatic carbocycles. The lowest BCUT2D eigenvalue weighted by molar-refractivity contribution is -0.119. The molecule has 3 N–H and O–H groups in total. The minimum absolute atomic E-state index is 0.309. The van der Waals surface area contributed by atoms with Gasteiger partial charge in [-0.05, 0) is 38.0 Å². The number of primary amides is 1. The van der Waals surface area contributed by atoms with Gasteiger partial charge in [-0.25, -0.2) is 14.4 Å². The fraction of sp³-hybridized carbons (Fsp3) is 0.263. The van der Waals surface area contributed by atoms with Gasteiger partial charge in [-0.1, -0.05) is 0 Å². The standard InChI is InChI=1S/C19H18FN7O/c1-10-15(8-22-19(24-10)26-6-2-3-14(26)18(21)28)27-13-5-4-11(20)7-12(13)17-16(27)9-23-25-17/h4-5,7-9,14H,2-3,6H2,1H3,(H2,21,28)(H,23,25). The van der Waals surface area contributed by atoms with Crippen LogP contribution in [0.4, 0.5) is 10.3 Å². The van der Waals surface area contributed by atoms with Crippen molar-refractivity contribution in [3.63, 3.8) is 0 Å². The van der Waals surface area contributed by atoms with Gasteiger partial charge in [-0.2, -0.15) is 5.10 Å². The van der Waals surface area contributed by atoms with E-state index in [0.29, 0.717) is 18.9 Å². The van der Waals surface area contributed by atoms with Crippen LogP contribution in [0.5, 0.6) is 0 Å². The number of amides is 1. The third-order valence-electron chi connectivity index (χ3n) is 5.35. The molecule has 5 rings (SSSR count). The van der Waals surface area contributed by atoms with E-state index in [1.54, 1.807) is 18.5 Å². The molecule has 8 nitrogen and oxygen atoms in total. The van der Waals surface area contributed by atoms with Crippen LogP contribution in [0.3, 0.4) is 0 Å². The maximum Gasteiger partial charge on any atom is 0.240 e. The number of carbonyl (C=O) groups is 1. The zero-order chi connectivity index (χ0) is 19.4. The molecular weight excluding hydrogens is 361 g/mol.